The third-order valence-corrected chi connectivity index (χ3v) is 3.19. The molecule has 0 saturated carbocycles. The topological polar surface area (TPSA) is 88.0 Å². The Morgan fingerprint density at radius 2 is 2.05 bits per heavy atom. The van der Waals surface area contributed by atoms with E-state index in [0.29, 0.717) is 12.1 Å². The standard InChI is InChI=1S/C14H17BrN2O4/c1-2-21-14(20)12(8-5-9-13(18)19)17-16-11-7-4-3-6-10(11)15/h3-4,6-7,16H,2,5,8-9H2,1H3,(H,18,19)/b17-12-. The number of para-hydroxylation sites is 1. The van der Waals surface area contributed by atoms with Gasteiger partial charge in [0.15, 0.2) is 0 Å². The predicted octanol–water partition coefficient (Wildman–Crippen LogP) is 3.04. The molecule has 1 aromatic rings. The molecule has 6 nitrogen and oxygen atoms in total. The minimum absolute atomic E-state index is 0.0204. The number of ether oxygens (including phenoxy) is 1. The van der Waals surface area contributed by atoms with Gasteiger partial charge in [-0.2, -0.15) is 5.10 Å². The van der Waals surface area contributed by atoms with Crippen LogP contribution in [0.3, 0.4) is 0 Å². The second-order valence-electron chi connectivity index (χ2n) is 4.12. The maximum absolute atomic E-state index is 11.8. The third kappa shape index (κ3) is 6.40. The van der Waals surface area contributed by atoms with Crippen LogP contribution < -0.4 is 5.43 Å². The molecule has 0 bridgehead atoms. The lowest BCUT2D eigenvalue weighted by atomic mass is 10.1. The van der Waals surface area contributed by atoms with Crippen molar-refractivity contribution < 1.29 is 19.4 Å². The molecule has 1 aromatic carbocycles. The molecule has 0 aliphatic heterocycles. The van der Waals surface area contributed by atoms with Crippen LogP contribution in [0.1, 0.15) is 26.2 Å². The molecule has 1 rings (SSSR count). The SMILES string of the molecule is CCOC(=O)/C(CCCC(=O)O)=N\Nc1ccccc1Br. The van der Waals surface area contributed by atoms with E-state index in [9.17, 15) is 9.59 Å². The van der Waals surface area contributed by atoms with Crippen molar-refractivity contribution in [1.29, 1.82) is 0 Å². The van der Waals surface area contributed by atoms with E-state index in [1.54, 1.807) is 13.0 Å². The Morgan fingerprint density at radius 1 is 1.33 bits per heavy atom. The Hall–Kier alpha value is -1.89. The number of aliphatic carboxylic acids is 1. The molecule has 114 valence electrons. The zero-order valence-electron chi connectivity index (χ0n) is 11.6. The summed E-state index contributed by atoms with van der Waals surface area (Å²) >= 11 is 3.36. The summed E-state index contributed by atoms with van der Waals surface area (Å²) in [5, 5.41) is 12.7. The summed E-state index contributed by atoms with van der Waals surface area (Å²) < 4.78 is 5.72. The Labute approximate surface area is 131 Å². The molecule has 21 heavy (non-hydrogen) atoms. The van der Waals surface area contributed by atoms with Gasteiger partial charge in [0.2, 0.25) is 0 Å². The maximum atomic E-state index is 11.8. The molecule has 2 N–H and O–H groups in total. The van der Waals surface area contributed by atoms with Gasteiger partial charge < -0.3 is 9.84 Å². The van der Waals surface area contributed by atoms with E-state index in [0.717, 1.165) is 4.47 Å². The molecule has 0 amide bonds. The van der Waals surface area contributed by atoms with E-state index in [-0.39, 0.29) is 25.2 Å². The first-order valence-corrected chi connectivity index (χ1v) is 7.30. The molecular formula is C14H17BrN2O4. The average molecular weight is 357 g/mol. The van der Waals surface area contributed by atoms with Crippen LogP contribution in [-0.4, -0.2) is 29.4 Å². The summed E-state index contributed by atoms with van der Waals surface area (Å²) in [7, 11) is 0. The summed E-state index contributed by atoms with van der Waals surface area (Å²) in [6.45, 7) is 1.94. The van der Waals surface area contributed by atoms with E-state index in [1.165, 1.54) is 0 Å². The number of carbonyl (C=O) groups excluding carboxylic acids is 1. The highest BCUT2D eigenvalue weighted by atomic mass is 79.9. The highest BCUT2D eigenvalue weighted by Gasteiger charge is 2.13. The maximum Gasteiger partial charge on any atom is 0.354 e. The Kier molecular flexibility index (Phi) is 7.45. The van der Waals surface area contributed by atoms with Crippen LogP contribution in [0.15, 0.2) is 33.8 Å². The lowest BCUT2D eigenvalue weighted by Crippen LogP contribution is -2.19. The van der Waals surface area contributed by atoms with Gasteiger partial charge in [0.25, 0.3) is 0 Å². The monoisotopic (exact) mass is 356 g/mol. The number of esters is 1. The smallest absolute Gasteiger partial charge is 0.354 e. The molecule has 0 radical (unpaired) electrons. The van der Waals surface area contributed by atoms with Gasteiger partial charge in [0.05, 0.1) is 12.3 Å². The van der Waals surface area contributed by atoms with E-state index in [2.05, 4.69) is 26.5 Å². The molecule has 0 aliphatic rings. The van der Waals surface area contributed by atoms with E-state index in [1.807, 2.05) is 18.2 Å². The quantitative estimate of drug-likeness (QED) is 0.424. The Morgan fingerprint density at radius 3 is 2.67 bits per heavy atom. The molecule has 0 fully saturated rings. The molecule has 0 aromatic heterocycles. The fraction of sp³-hybridized carbons (Fsp3) is 0.357. The van der Waals surface area contributed by atoms with E-state index >= 15 is 0 Å². The summed E-state index contributed by atoms with van der Waals surface area (Å²) in [5.41, 5.74) is 3.66. The molecule has 0 heterocycles. The number of benzene rings is 1. The Balaban J connectivity index is 2.74. The van der Waals surface area contributed by atoms with Crippen molar-refractivity contribution >= 4 is 39.3 Å². The fourth-order valence-electron chi connectivity index (χ4n) is 1.50. The number of nitrogens with zero attached hydrogens (tertiary/aromatic N) is 1. The van der Waals surface area contributed by atoms with Crippen LogP contribution in [0.25, 0.3) is 0 Å². The third-order valence-electron chi connectivity index (χ3n) is 2.50. The molecule has 0 spiro atoms. The molecule has 0 saturated heterocycles. The number of carbonyl (C=O) groups is 2. The van der Waals surface area contributed by atoms with Crippen molar-refractivity contribution in [3.63, 3.8) is 0 Å². The van der Waals surface area contributed by atoms with Crippen LogP contribution in [0.2, 0.25) is 0 Å². The van der Waals surface area contributed by atoms with Crippen LogP contribution in [0, 0.1) is 0 Å². The number of anilines is 1. The fourth-order valence-corrected chi connectivity index (χ4v) is 1.88. The summed E-state index contributed by atoms with van der Waals surface area (Å²) in [6, 6.07) is 7.33. The summed E-state index contributed by atoms with van der Waals surface area (Å²) in [4.78, 5) is 22.3. The minimum Gasteiger partial charge on any atom is -0.481 e. The van der Waals surface area contributed by atoms with Gasteiger partial charge in [-0.05, 0) is 47.8 Å². The number of nitrogens with one attached hydrogen (secondary N) is 1. The van der Waals surface area contributed by atoms with Crippen LogP contribution in [-0.2, 0) is 14.3 Å². The minimum atomic E-state index is -0.906. The number of hydrogen-bond acceptors (Lipinski definition) is 5. The van der Waals surface area contributed by atoms with Gasteiger partial charge in [0.1, 0.15) is 5.71 Å². The summed E-state index contributed by atoms with van der Waals surface area (Å²) in [5.74, 6) is -1.44. The van der Waals surface area contributed by atoms with Gasteiger partial charge in [0, 0.05) is 10.9 Å². The lowest BCUT2D eigenvalue weighted by molar-refractivity contribution is -0.137. The average Bonchev–Trinajstić information content (AvgIpc) is 2.44. The first-order valence-electron chi connectivity index (χ1n) is 6.50. The van der Waals surface area contributed by atoms with Crippen LogP contribution >= 0.6 is 15.9 Å². The van der Waals surface area contributed by atoms with Crippen LogP contribution in [0.4, 0.5) is 5.69 Å². The molecule has 7 heteroatoms. The molecule has 0 aliphatic carbocycles. The molecule has 0 unspecified atom stereocenters. The van der Waals surface area contributed by atoms with E-state index in [4.69, 9.17) is 9.84 Å². The number of carboxylic acids is 1. The Bertz CT molecular complexity index is 531. The van der Waals surface area contributed by atoms with Gasteiger partial charge in [-0.1, -0.05) is 12.1 Å². The zero-order chi connectivity index (χ0) is 15.7. The highest BCUT2D eigenvalue weighted by Crippen LogP contribution is 2.21. The number of hydrazone groups is 1. The first kappa shape index (κ1) is 17.2. The number of halogens is 1. The second kappa shape index (κ2) is 9.12. The first-order chi connectivity index (χ1) is 10.0. The number of hydrogen-bond donors (Lipinski definition) is 2. The number of rotatable bonds is 8. The van der Waals surface area contributed by atoms with Crippen molar-refractivity contribution in [1.82, 2.24) is 0 Å². The van der Waals surface area contributed by atoms with Crippen molar-refractivity contribution in [2.24, 2.45) is 5.10 Å². The molecular weight excluding hydrogens is 340 g/mol. The van der Waals surface area contributed by atoms with E-state index < -0.39 is 11.9 Å². The van der Waals surface area contributed by atoms with Gasteiger partial charge >= 0.3 is 11.9 Å². The van der Waals surface area contributed by atoms with Gasteiger partial charge in [-0.15, -0.1) is 0 Å². The van der Waals surface area contributed by atoms with Gasteiger partial charge in [-0.3, -0.25) is 10.2 Å². The van der Waals surface area contributed by atoms with Crippen LogP contribution in [0.5, 0.6) is 0 Å². The second-order valence-corrected chi connectivity index (χ2v) is 4.97. The largest absolute Gasteiger partial charge is 0.481 e. The van der Waals surface area contributed by atoms with Crippen molar-refractivity contribution in [2.75, 3.05) is 12.0 Å². The van der Waals surface area contributed by atoms with Crippen molar-refractivity contribution in [2.45, 2.75) is 26.2 Å². The van der Waals surface area contributed by atoms with Crippen molar-refractivity contribution in [3.8, 4) is 0 Å². The van der Waals surface area contributed by atoms with Crippen molar-refractivity contribution in [3.05, 3.63) is 28.7 Å². The van der Waals surface area contributed by atoms with Gasteiger partial charge in [-0.25, -0.2) is 4.79 Å². The predicted molar refractivity (Wildman–Crippen MR) is 83.3 cm³/mol. The molecule has 0 atom stereocenters. The highest BCUT2D eigenvalue weighted by molar-refractivity contribution is 9.10. The summed E-state index contributed by atoms with van der Waals surface area (Å²) in [6.07, 6.45) is 0.542. The lowest BCUT2D eigenvalue weighted by Gasteiger charge is -2.07. The zero-order valence-corrected chi connectivity index (χ0v) is 13.2. The number of carboxylic acid groups (broad SMARTS) is 1. The normalized spacial score (nSPS) is 11.0.